The van der Waals surface area contributed by atoms with Crippen LogP contribution >= 0.6 is 11.6 Å². The highest BCUT2D eigenvalue weighted by molar-refractivity contribution is 6.47. The molecule has 2 aromatic carbocycles. The van der Waals surface area contributed by atoms with Crippen molar-refractivity contribution in [3.05, 3.63) is 70.0 Å². The number of amidine groups is 1. The second kappa shape index (κ2) is 13.3. The Hall–Kier alpha value is -3.66. The van der Waals surface area contributed by atoms with Crippen LogP contribution in [-0.2, 0) is 4.79 Å². The van der Waals surface area contributed by atoms with E-state index in [4.69, 9.17) is 28.0 Å². The molecule has 2 amide bonds. The SMILES string of the molecule is CCC[C@H](c1ccc(C(=O)NCC(N=N)=NN)cc1)N1C(=O)C(c2cc(F)cc(Cl)c2)=NC12CCC(C(C)(C)CC)CC2. The summed E-state index contributed by atoms with van der Waals surface area (Å²) in [7, 11) is 0. The lowest BCUT2D eigenvalue weighted by Crippen LogP contribution is -2.51. The number of hydrazone groups is 1. The van der Waals surface area contributed by atoms with Gasteiger partial charge >= 0.3 is 0 Å². The molecule has 9 nitrogen and oxygen atoms in total. The summed E-state index contributed by atoms with van der Waals surface area (Å²) in [5.74, 6) is 4.58. The number of rotatable bonds is 10. The summed E-state index contributed by atoms with van der Waals surface area (Å²) in [5.41, 5.74) is 8.40. The number of hydrogen-bond acceptors (Lipinski definition) is 6. The zero-order valence-electron chi connectivity index (χ0n) is 25.3. The molecule has 43 heavy (non-hydrogen) atoms. The maximum Gasteiger partial charge on any atom is 0.275 e. The maximum absolute atomic E-state index is 14.4. The summed E-state index contributed by atoms with van der Waals surface area (Å²) >= 11 is 6.20. The van der Waals surface area contributed by atoms with Gasteiger partial charge in [-0.1, -0.05) is 64.3 Å². The van der Waals surface area contributed by atoms with E-state index in [-0.39, 0.29) is 46.4 Å². The summed E-state index contributed by atoms with van der Waals surface area (Å²) in [5, 5.41) is 9.39. The fraction of sp³-hybridized carbons (Fsp3) is 0.500. The largest absolute Gasteiger partial charge is 0.345 e. The molecule has 1 heterocycles. The molecule has 0 unspecified atom stereocenters. The summed E-state index contributed by atoms with van der Waals surface area (Å²) in [6.07, 6.45) is 5.87. The topological polar surface area (TPSA) is 136 Å². The van der Waals surface area contributed by atoms with Gasteiger partial charge in [-0.05, 0) is 79.3 Å². The lowest BCUT2D eigenvalue weighted by molar-refractivity contribution is -0.133. The Bertz CT molecular complexity index is 1400. The second-order valence-electron chi connectivity index (χ2n) is 12.2. The lowest BCUT2D eigenvalue weighted by Gasteiger charge is -2.48. The van der Waals surface area contributed by atoms with Gasteiger partial charge in [-0.2, -0.15) is 5.10 Å². The average Bonchev–Trinajstić information content (AvgIpc) is 3.27. The minimum atomic E-state index is -0.751. The standard InChI is InChI=1S/C32H41ClFN7O2/c1-5-7-26(20-8-10-21(11-9-20)29(42)37-19-27(39-35)40-36)41-30(43)28(22-16-24(33)18-25(34)17-22)38-32(41)14-12-23(13-15-32)31(3,4)6-2/h8-11,16-18,23,26,35H,5-7,12-15,19,36H2,1-4H3,(H,37,42)/t23?,26-,32?/m1/s1. The van der Waals surface area contributed by atoms with Crippen LogP contribution in [0.5, 0.6) is 0 Å². The summed E-state index contributed by atoms with van der Waals surface area (Å²) in [4.78, 5) is 34.1. The summed E-state index contributed by atoms with van der Waals surface area (Å²) < 4.78 is 14.4. The Morgan fingerprint density at radius 2 is 1.91 bits per heavy atom. The smallest absolute Gasteiger partial charge is 0.275 e. The molecule has 0 saturated heterocycles. The zero-order chi connectivity index (χ0) is 31.4. The molecule has 4 rings (SSSR count). The van der Waals surface area contributed by atoms with Crippen molar-refractivity contribution in [2.45, 2.75) is 84.3 Å². The van der Waals surface area contributed by atoms with Gasteiger partial charge < -0.3 is 16.1 Å². The number of nitrogens with two attached hydrogens (primary N) is 1. The molecule has 0 bridgehead atoms. The van der Waals surface area contributed by atoms with E-state index in [2.05, 4.69) is 43.2 Å². The fourth-order valence-corrected chi connectivity index (χ4v) is 6.60. The van der Waals surface area contributed by atoms with Gasteiger partial charge in [0, 0.05) is 16.1 Å². The Morgan fingerprint density at radius 1 is 1.23 bits per heavy atom. The van der Waals surface area contributed by atoms with Crippen LogP contribution in [0.15, 0.2) is 57.7 Å². The van der Waals surface area contributed by atoms with Crippen molar-refractivity contribution in [3.8, 4) is 0 Å². The number of nitrogens with zero attached hydrogens (tertiary/aromatic N) is 4. The van der Waals surface area contributed by atoms with Crippen LogP contribution in [0.2, 0.25) is 5.02 Å². The van der Waals surface area contributed by atoms with Gasteiger partial charge in [0.05, 0.1) is 12.6 Å². The van der Waals surface area contributed by atoms with Gasteiger partial charge in [0.15, 0.2) is 5.84 Å². The molecule has 1 fully saturated rings. The first-order chi connectivity index (χ1) is 20.5. The summed E-state index contributed by atoms with van der Waals surface area (Å²) in [6, 6.07) is 11.0. The molecule has 1 aliphatic heterocycles. The van der Waals surface area contributed by atoms with Crippen LogP contribution < -0.4 is 11.2 Å². The van der Waals surface area contributed by atoms with Gasteiger partial charge in [0.2, 0.25) is 0 Å². The average molecular weight is 610 g/mol. The predicted molar refractivity (Wildman–Crippen MR) is 167 cm³/mol. The second-order valence-corrected chi connectivity index (χ2v) is 12.6. The van der Waals surface area contributed by atoms with Crippen molar-refractivity contribution in [1.29, 1.82) is 5.53 Å². The molecule has 1 spiro atoms. The van der Waals surface area contributed by atoms with E-state index < -0.39 is 11.5 Å². The highest BCUT2D eigenvalue weighted by Gasteiger charge is 2.52. The van der Waals surface area contributed by atoms with Gasteiger partial charge in [-0.25, -0.2) is 9.92 Å². The van der Waals surface area contributed by atoms with E-state index in [1.165, 1.54) is 12.1 Å². The van der Waals surface area contributed by atoms with Crippen molar-refractivity contribution in [1.82, 2.24) is 10.2 Å². The highest BCUT2D eigenvalue weighted by Crippen LogP contribution is 2.50. The van der Waals surface area contributed by atoms with Gasteiger partial charge in [0.1, 0.15) is 17.2 Å². The van der Waals surface area contributed by atoms with E-state index in [1.54, 1.807) is 18.2 Å². The quantitative estimate of drug-likeness (QED) is 0.0878. The molecule has 0 radical (unpaired) electrons. The Morgan fingerprint density at radius 3 is 2.47 bits per heavy atom. The molecular formula is C32H41ClFN7O2. The zero-order valence-corrected chi connectivity index (χ0v) is 26.0. The molecular weight excluding hydrogens is 569 g/mol. The predicted octanol–water partition coefficient (Wildman–Crippen LogP) is 7.01. The van der Waals surface area contributed by atoms with Crippen LogP contribution in [0.4, 0.5) is 4.39 Å². The molecule has 2 aromatic rings. The highest BCUT2D eigenvalue weighted by atomic mass is 35.5. The Balaban J connectivity index is 1.70. The fourth-order valence-electron chi connectivity index (χ4n) is 6.38. The van der Waals surface area contributed by atoms with E-state index in [1.807, 2.05) is 17.0 Å². The number of carbonyl (C=O) groups excluding carboxylic acids is 2. The van der Waals surface area contributed by atoms with E-state index in [9.17, 15) is 14.0 Å². The lowest BCUT2D eigenvalue weighted by atomic mass is 9.67. The van der Waals surface area contributed by atoms with Crippen molar-refractivity contribution < 1.29 is 14.0 Å². The van der Waals surface area contributed by atoms with Crippen molar-refractivity contribution in [2.24, 2.45) is 32.4 Å². The molecule has 1 atom stereocenters. The van der Waals surface area contributed by atoms with Gasteiger partial charge in [-0.15, -0.1) is 5.11 Å². The minimum absolute atomic E-state index is 0.00161. The monoisotopic (exact) mass is 609 g/mol. The van der Waals surface area contributed by atoms with Crippen LogP contribution in [0.25, 0.3) is 0 Å². The number of amides is 2. The molecule has 2 aliphatic rings. The number of carbonyl (C=O) groups is 2. The van der Waals surface area contributed by atoms with Crippen LogP contribution in [0.3, 0.4) is 0 Å². The minimum Gasteiger partial charge on any atom is -0.345 e. The van der Waals surface area contributed by atoms with Crippen molar-refractivity contribution in [3.63, 3.8) is 0 Å². The molecule has 0 aromatic heterocycles. The molecule has 230 valence electrons. The first kappa shape index (κ1) is 32.3. The first-order valence-corrected chi connectivity index (χ1v) is 15.3. The van der Waals surface area contributed by atoms with Crippen LogP contribution in [0.1, 0.15) is 100 Å². The van der Waals surface area contributed by atoms with Gasteiger partial charge in [-0.3, -0.25) is 14.6 Å². The maximum atomic E-state index is 14.4. The molecule has 1 saturated carbocycles. The van der Waals surface area contributed by atoms with Crippen LogP contribution in [-0.4, -0.2) is 40.5 Å². The third-order valence-corrected chi connectivity index (χ3v) is 9.46. The number of nitrogens with one attached hydrogen (secondary N) is 2. The third kappa shape index (κ3) is 6.79. The molecule has 11 heteroatoms. The summed E-state index contributed by atoms with van der Waals surface area (Å²) in [6.45, 7) is 8.84. The third-order valence-electron chi connectivity index (χ3n) is 9.25. The number of halogens is 2. The molecule has 4 N–H and O–H groups in total. The van der Waals surface area contributed by atoms with E-state index in [0.717, 1.165) is 31.2 Å². The number of hydrogen-bond donors (Lipinski definition) is 3. The van der Waals surface area contributed by atoms with Crippen molar-refractivity contribution in [2.75, 3.05) is 6.54 Å². The number of aliphatic imine (C=N–C) groups is 1. The number of benzene rings is 2. The Labute approximate surface area is 257 Å². The Kier molecular flexibility index (Phi) is 10.00. The van der Waals surface area contributed by atoms with E-state index >= 15 is 0 Å². The van der Waals surface area contributed by atoms with E-state index in [0.29, 0.717) is 36.3 Å². The first-order valence-electron chi connectivity index (χ1n) is 14.9. The molecule has 1 aliphatic carbocycles. The normalized spacial score (nSPS) is 21.6. The van der Waals surface area contributed by atoms with Crippen molar-refractivity contribution >= 4 is 35.0 Å². The van der Waals surface area contributed by atoms with Gasteiger partial charge in [0.25, 0.3) is 11.8 Å². The van der Waals surface area contributed by atoms with Crippen LogP contribution in [0, 0.1) is 22.7 Å².